The van der Waals surface area contributed by atoms with E-state index in [1.54, 1.807) is 18.3 Å². The van der Waals surface area contributed by atoms with Crippen LogP contribution < -0.4 is 20.5 Å². The molecule has 2 saturated heterocycles. The van der Waals surface area contributed by atoms with Crippen molar-refractivity contribution in [2.75, 3.05) is 31.2 Å². The van der Waals surface area contributed by atoms with Crippen LogP contribution in [0.5, 0.6) is 5.75 Å². The van der Waals surface area contributed by atoms with Gasteiger partial charge in [0.1, 0.15) is 18.2 Å². The second-order valence-electron chi connectivity index (χ2n) is 9.57. The summed E-state index contributed by atoms with van der Waals surface area (Å²) < 4.78 is 28.0. The number of nitrogens with zero attached hydrogens (tertiary/aromatic N) is 2. The summed E-state index contributed by atoms with van der Waals surface area (Å²) in [5, 5.41) is 4.89. The highest BCUT2D eigenvalue weighted by Gasteiger charge is 2.25. The predicted molar refractivity (Wildman–Crippen MR) is 133 cm³/mol. The van der Waals surface area contributed by atoms with Crippen LogP contribution in [0, 0.1) is 5.82 Å². The second kappa shape index (κ2) is 9.76. The first-order valence-corrected chi connectivity index (χ1v) is 12.2. The predicted octanol–water partition coefficient (Wildman–Crippen LogP) is 4.26. The number of hydrogen-bond acceptors (Lipinski definition) is 5. The number of halogens is 1. The van der Waals surface area contributed by atoms with Crippen molar-refractivity contribution in [2.45, 2.75) is 51.3 Å². The first-order valence-electron chi connectivity index (χ1n) is 12.2. The lowest BCUT2D eigenvalue weighted by Gasteiger charge is -2.21. The Morgan fingerprint density at radius 2 is 2.06 bits per heavy atom. The Bertz CT molecular complexity index is 1220. The number of benzene rings is 2. The molecule has 6 nitrogen and oxygen atoms in total. The summed E-state index contributed by atoms with van der Waals surface area (Å²) in [4.78, 5) is 15.2. The molecular weight excluding hydrogens is 433 g/mol. The molecule has 34 heavy (non-hydrogen) atoms. The molecular formula is C27H32FN3O3. The standard InChI is InChI=1S/C27H32FN3O3/c1-18(2)29-20-10-11-30(16-20)26-8-5-21(15-25(26)28)31-12-9-19-14-22(6-7-24(19)27(31)32)34-17-23-4-3-13-33-23/h5-9,12,14-15,18,20,23,29H,3-4,10-11,13,16-17H2,1-2H3/t20?,23-/m1/s1. The largest absolute Gasteiger partial charge is 0.491 e. The lowest BCUT2D eigenvalue weighted by Crippen LogP contribution is -2.37. The molecule has 2 fully saturated rings. The van der Waals surface area contributed by atoms with Gasteiger partial charge in [-0.3, -0.25) is 9.36 Å². The summed E-state index contributed by atoms with van der Waals surface area (Å²) >= 11 is 0. The van der Waals surface area contributed by atoms with Crippen molar-refractivity contribution in [2.24, 2.45) is 0 Å². The van der Waals surface area contributed by atoms with Gasteiger partial charge in [-0.1, -0.05) is 13.8 Å². The Hall–Kier alpha value is -2.90. The van der Waals surface area contributed by atoms with Crippen LogP contribution >= 0.6 is 0 Å². The van der Waals surface area contributed by atoms with Crippen LogP contribution in [0.3, 0.4) is 0 Å². The average molecular weight is 466 g/mol. The van der Waals surface area contributed by atoms with Gasteiger partial charge in [0.25, 0.3) is 5.56 Å². The Morgan fingerprint density at radius 3 is 2.82 bits per heavy atom. The zero-order valence-electron chi connectivity index (χ0n) is 19.8. The van der Waals surface area contributed by atoms with Crippen molar-refractivity contribution in [1.82, 2.24) is 9.88 Å². The number of fused-ring (bicyclic) bond motifs is 1. The number of pyridine rings is 1. The highest BCUT2D eigenvalue weighted by molar-refractivity contribution is 5.83. The molecule has 2 aromatic carbocycles. The number of anilines is 1. The Kier molecular flexibility index (Phi) is 6.57. The molecule has 5 rings (SSSR count). The minimum atomic E-state index is -0.312. The highest BCUT2D eigenvalue weighted by Crippen LogP contribution is 2.26. The van der Waals surface area contributed by atoms with Crippen LogP contribution in [0.25, 0.3) is 16.5 Å². The third-order valence-electron chi connectivity index (χ3n) is 6.64. The summed E-state index contributed by atoms with van der Waals surface area (Å²) in [6, 6.07) is 13.1. The molecule has 1 unspecified atom stereocenters. The summed E-state index contributed by atoms with van der Waals surface area (Å²) in [5.41, 5.74) is 0.916. The average Bonchev–Trinajstić information content (AvgIpc) is 3.50. The molecule has 0 amide bonds. The number of aromatic nitrogens is 1. The molecule has 3 aromatic rings. The number of hydrogen-bond donors (Lipinski definition) is 1. The van der Waals surface area contributed by atoms with Gasteiger partial charge in [0.2, 0.25) is 0 Å². The van der Waals surface area contributed by atoms with Gasteiger partial charge in [0.05, 0.1) is 17.5 Å². The maximum Gasteiger partial charge on any atom is 0.262 e. The minimum absolute atomic E-state index is 0.138. The molecule has 2 aliphatic rings. The molecule has 0 aliphatic carbocycles. The van der Waals surface area contributed by atoms with Gasteiger partial charge in [0, 0.05) is 49.4 Å². The summed E-state index contributed by atoms with van der Waals surface area (Å²) in [6.45, 7) is 7.15. The summed E-state index contributed by atoms with van der Waals surface area (Å²) in [6.07, 6.45) is 4.91. The van der Waals surface area contributed by atoms with Gasteiger partial charge in [-0.2, -0.15) is 0 Å². The molecule has 7 heteroatoms. The van der Waals surface area contributed by atoms with E-state index in [0.29, 0.717) is 41.2 Å². The molecule has 0 saturated carbocycles. The van der Waals surface area contributed by atoms with E-state index in [-0.39, 0.29) is 17.5 Å². The lowest BCUT2D eigenvalue weighted by molar-refractivity contribution is 0.0680. The Balaban J connectivity index is 1.34. The van der Waals surface area contributed by atoms with Gasteiger partial charge in [0.15, 0.2) is 0 Å². The Labute approximate surface area is 199 Å². The third kappa shape index (κ3) is 4.81. The maximum atomic E-state index is 15.1. The van der Waals surface area contributed by atoms with Gasteiger partial charge >= 0.3 is 0 Å². The number of rotatable bonds is 7. The first-order chi connectivity index (χ1) is 16.5. The van der Waals surface area contributed by atoms with Crippen LogP contribution in [-0.2, 0) is 4.74 Å². The van der Waals surface area contributed by atoms with Crippen LogP contribution in [-0.4, -0.2) is 49.1 Å². The molecule has 1 aromatic heterocycles. The van der Waals surface area contributed by atoms with Crippen molar-refractivity contribution >= 4 is 16.5 Å². The van der Waals surface area contributed by atoms with Gasteiger partial charge in [-0.15, -0.1) is 0 Å². The first kappa shape index (κ1) is 22.9. The van der Waals surface area contributed by atoms with E-state index in [1.165, 1.54) is 10.6 Å². The van der Waals surface area contributed by atoms with E-state index < -0.39 is 0 Å². The SMILES string of the molecule is CC(C)NC1CCN(c2ccc(-n3ccc4cc(OC[C@H]5CCCO5)ccc4c3=O)cc2F)C1. The maximum absolute atomic E-state index is 15.1. The van der Waals surface area contributed by atoms with Crippen molar-refractivity contribution < 1.29 is 13.9 Å². The van der Waals surface area contributed by atoms with E-state index in [2.05, 4.69) is 24.1 Å². The number of ether oxygens (including phenoxy) is 2. The molecule has 2 atom stereocenters. The van der Waals surface area contributed by atoms with E-state index in [0.717, 1.165) is 44.3 Å². The zero-order valence-corrected chi connectivity index (χ0v) is 19.8. The van der Waals surface area contributed by atoms with Crippen LogP contribution in [0.1, 0.15) is 33.1 Å². The van der Waals surface area contributed by atoms with Crippen molar-refractivity contribution in [3.63, 3.8) is 0 Å². The Morgan fingerprint density at radius 1 is 1.18 bits per heavy atom. The fourth-order valence-corrected chi connectivity index (χ4v) is 4.97. The summed E-state index contributed by atoms with van der Waals surface area (Å²) in [5.74, 6) is 0.402. The fraction of sp³-hybridized carbons (Fsp3) is 0.444. The van der Waals surface area contributed by atoms with Gasteiger partial charge in [-0.05, 0) is 61.0 Å². The van der Waals surface area contributed by atoms with Gasteiger partial charge < -0.3 is 19.7 Å². The second-order valence-corrected chi connectivity index (χ2v) is 9.57. The topological polar surface area (TPSA) is 55.7 Å². The molecule has 180 valence electrons. The van der Waals surface area contributed by atoms with E-state index in [1.807, 2.05) is 24.3 Å². The zero-order chi connectivity index (χ0) is 23.7. The molecule has 2 aliphatic heterocycles. The highest BCUT2D eigenvalue weighted by atomic mass is 19.1. The van der Waals surface area contributed by atoms with Gasteiger partial charge in [-0.25, -0.2) is 4.39 Å². The molecule has 0 radical (unpaired) electrons. The molecule has 0 spiro atoms. The van der Waals surface area contributed by atoms with E-state index >= 15 is 4.39 Å². The molecule has 3 heterocycles. The lowest BCUT2D eigenvalue weighted by atomic mass is 10.1. The van der Waals surface area contributed by atoms with Crippen LogP contribution in [0.2, 0.25) is 0 Å². The summed E-state index contributed by atoms with van der Waals surface area (Å²) in [7, 11) is 0. The third-order valence-corrected chi connectivity index (χ3v) is 6.64. The van der Waals surface area contributed by atoms with Crippen molar-refractivity contribution in [1.29, 1.82) is 0 Å². The molecule has 0 bridgehead atoms. The monoisotopic (exact) mass is 465 g/mol. The van der Waals surface area contributed by atoms with Crippen molar-refractivity contribution in [3.05, 3.63) is 64.8 Å². The quantitative estimate of drug-likeness (QED) is 0.565. The smallest absolute Gasteiger partial charge is 0.262 e. The normalized spacial score (nSPS) is 20.5. The van der Waals surface area contributed by atoms with E-state index in [9.17, 15) is 4.79 Å². The number of nitrogens with one attached hydrogen (secondary N) is 1. The fourth-order valence-electron chi connectivity index (χ4n) is 4.97. The minimum Gasteiger partial charge on any atom is -0.491 e. The van der Waals surface area contributed by atoms with Crippen LogP contribution in [0.15, 0.2) is 53.5 Å². The van der Waals surface area contributed by atoms with Crippen molar-refractivity contribution in [3.8, 4) is 11.4 Å². The van der Waals surface area contributed by atoms with E-state index in [4.69, 9.17) is 9.47 Å². The van der Waals surface area contributed by atoms with Crippen LogP contribution in [0.4, 0.5) is 10.1 Å². The molecule has 1 N–H and O–H groups in total.